The summed E-state index contributed by atoms with van der Waals surface area (Å²) in [6.45, 7) is 3.65. The van der Waals surface area contributed by atoms with E-state index < -0.39 is 18.0 Å². The summed E-state index contributed by atoms with van der Waals surface area (Å²) >= 11 is 0. The van der Waals surface area contributed by atoms with Gasteiger partial charge in [0.1, 0.15) is 6.04 Å². The molecule has 4 N–H and O–H groups in total. The SMILES string of the molecule is CCC(C)[C@H](NC(=O)Nc1cn[nH]c1)C(=O)O. The van der Waals surface area contributed by atoms with Gasteiger partial charge in [0, 0.05) is 6.20 Å². The number of hydrogen-bond donors (Lipinski definition) is 4. The number of H-pyrrole nitrogens is 1. The van der Waals surface area contributed by atoms with Crippen molar-refractivity contribution in [2.24, 2.45) is 5.92 Å². The lowest BCUT2D eigenvalue weighted by molar-refractivity contribution is -0.140. The molecule has 0 aliphatic carbocycles. The highest BCUT2D eigenvalue weighted by atomic mass is 16.4. The first-order valence-corrected chi connectivity index (χ1v) is 5.33. The second-order valence-corrected chi connectivity index (χ2v) is 3.79. The highest BCUT2D eigenvalue weighted by Crippen LogP contribution is 2.08. The molecule has 0 radical (unpaired) electrons. The summed E-state index contributed by atoms with van der Waals surface area (Å²) in [6, 6.07) is -1.45. The molecule has 1 aromatic rings. The number of carboxylic acid groups (broad SMARTS) is 1. The molecule has 0 spiro atoms. The largest absolute Gasteiger partial charge is 0.480 e. The van der Waals surface area contributed by atoms with E-state index in [4.69, 9.17) is 5.11 Å². The van der Waals surface area contributed by atoms with Crippen molar-refractivity contribution in [2.45, 2.75) is 26.3 Å². The van der Waals surface area contributed by atoms with Crippen LogP contribution in [0.4, 0.5) is 10.5 Å². The number of aromatic nitrogens is 2. The summed E-state index contributed by atoms with van der Waals surface area (Å²) in [4.78, 5) is 22.5. The molecule has 0 bridgehead atoms. The number of carbonyl (C=O) groups is 2. The van der Waals surface area contributed by atoms with Crippen LogP contribution in [-0.2, 0) is 4.79 Å². The average molecular weight is 240 g/mol. The van der Waals surface area contributed by atoms with Crippen LogP contribution in [0.3, 0.4) is 0 Å². The molecule has 0 saturated carbocycles. The molecule has 94 valence electrons. The zero-order valence-electron chi connectivity index (χ0n) is 9.73. The summed E-state index contributed by atoms with van der Waals surface area (Å²) in [7, 11) is 0. The lowest BCUT2D eigenvalue weighted by atomic mass is 9.99. The number of anilines is 1. The van der Waals surface area contributed by atoms with Crippen LogP contribution in [-0.4, -0.2) is 33.3 Å². The first-order chi connectivity index (χ1) is 8.04. The molecule has 0 aliphatic rings. The Hall–Kier alpha value is -2.05. The molecule has 17 heavy (non-hydrogen) atoms. The number of nitrogens with zero attached hydrogens (tertiary/aromatic N) is 1. The van der Waals surface area contributed by atoms with E-state index in [1.165, 1.54) is 12.4 Å². The maximum atomic E-state index is 11.5. The van der Waals surface area contributed by atoms with Crippen molar-refractivity contribution in [2.75, 3.05) is 5.32 Å². The minimum Gasteiger partial charge on any atom is -0.480 e. The molecule has 7 heteroatoms. The standard InChI is InChI=1S/C10H16N4O3/c1-3-6(2)8(9(15)16)14-10(17)13-7-4-11-12-5-7/h4-6,8H,3H2,1-2H3,(H,11,12)(H,15,16)(H2,13,14,17)/t6?,8-/m0/s1. The van der Waals surface area contributed by atoms with E-state index in [-0.39, 0.29) is 5.92 Å². The van der Waals surface area contributed by atoms with Gasteiger partial charge in [0.2, 0.25) is 0 Å². The Morgan fingerprint density at radius 1 is 1.59 bits per heavy atom. The van der Waals surface area contributed by atoms with Gasteiger partial charge in [-0.05, 0) is 5.92 Å². The number of rotatable bonds is 5. The second kappa shape index (κ2) is 5.88. The fraction of sp³-hybridized carbons (Fsp3) is 0.500. The van der Waals surface area contributed by atoms with Crippen molar-refractivity contribution in [3.05, 3.63) is 12.4 Å². The van der Waals surface area contributed by atoms with E-state index in [0.717, 1.165) is 0 Å². The predicted molar refractivity (Wildman–Crippen MR) is 61.6 cm³/mol. The Balaban J connectivity index is 2.55. The molecule has 0 fully saturated rings. The summed E-state index contributed by atoms with van der Waals surface area (Å²) < 4.78 is 0. The molecule has 0 aliphatic heterocycles. The van der Waals surface area contributed by atoms with Crippen LogP contribution in [0.5, 0.6) is 0 Å². The van der Waals surface area contributed by atoms with Crippen LogP contribution in [0.1, 0.15) is 20.3 Å². The van der Waals surface area contributed by atoms with Crippen LogP contribution < -0.4 is 10.6 Å². The van der Waals surface area contributed by atoms with E-state index >= 15 is 0 Å². The molecule has 1 aromatic heterocycles. The topological polar surface area (TPSA) is 107 Å². The lowest BCUT2D eigenvalue weighted by Crippen LogP contribution is -2.46. The minimum atomic E-state index is -1.04. The van der Waals surface area contributed by atoms with Crippen molar-refractivity contribution in [3.8, 4) is 0 Å². The molecule has 2 amide bonds. The highest BCUT2D eigenvalue weighted by Gasteiger charge is 2.25. The van der Waals surface area contributed by atoms with Gasteiger partial charge in [-0.2, -0.15) is 5.10 Å². The number of nitrogens with one attached hydrogen (secondary N) is 3. The normalized spacial score (nSPS) is 13.8. The van der Waals surface area contributed by atoms with Crippen LogP contribution in [0.15, 0.2) is 12.4 Å². The molecule has 0 aromatic carbocycles. The third-order valence-corrected chi connectivity index (χ3v) is 2.52. The van der Waals surface area contributed by atoms with Gasteiger partial charge in [0.05, 0.1) is 11.9 Å². The maximum Gasteiger partial charge on any atom is 0.326 e. The third-order valence-electron chi connectivity index (χ3n) is 2.52. The fourth-order valence-corrected chi connectivity index (χ4v) is 1.31. The number of hydrogen-bond acceptors (Lipinski definition) is 3. The van der Waals surface area contributed by atoms with E-state index in [2.05, 4.69) is 20.8 Å². The zero-order chi connectivity index (χ0) is 12.8. The molecule has 1 unspecified atom stereocenters. The number of urea groups is 1. The van der Waals surface area contributed by atoms with Gasteiger partial charge in [-0.15, -0.1) is 0 Å². The first kappa shape index (κ1) is 13.0. The van der Waals surface area contributed by atoms with Crippen molar-refractivity contribution >= 4 is 17.7 Å². The Kier molecular flexibility index (Phi) is 4.50. The summed E-state index contributed by atoms with van der Waals surface area (Å²) in [6.07, 6.45) is 3.60. The van der Waals surface area contributed by atoms with Crippen LogP contribution >= 0.6 is 0 Å². The van der Waals surface area contributed by atoms with Gasteiger partial charge in [-0.3, -0.25) is 5.10 Å². The monoisotopic (exact) mass is 240 g/mol. The number of aliphatic carboxylic acids is 1. The Bertz CT molecular complexity index is 377. The van der Waals surface area contributed by atoms with Crippen molar-refractivity contribution in [1.29, 1.82) is 0 Å². The molecular formula is C10H16N4O3. The van der Waals surface area contributed by atoms with Gasteiger partial charge in [-0.1, -0.05) is 20.3 Å². The zero-order valence-corrected chi connectivity index (χ0v) is 9.73. The summed E-state index contributed by atoms with van der Waals surface area (Å²) in [5.74, 6) is -1.18. The average Bonchev–Trinajstić information content (AvgIpc) is 2.77. The Morgan fingerprint density at radius 3 is 2.76 bits per heavy atom. The van der Waals surface area contributed by atoms with Gasteiger partial charge in [-0.25, -0.2) is 9.59 Å². The Labute approximate surface area is 98.6 Å². The number of amides is 2. The first-order valence-electron chi connectivity index (χ1n) is 5.33. The second-order valence-electron chi connectivity index (χ2n) is 3.79. The van der Waals surface area contributed by atoms with Gasteiger partial charge < -0.3 is 15.7 Å². The van der Waals surface area contributed by atoms with Gasteiger partial charge in [0.25, 0.3) is 0 Å². The number of carboxylic acids is 1. The van der Waals surface area contributed by atoms with Gasteiger partial charge in [0.15, 0.2) is 0 Å². The van der Waals surface area contributed by atoms with Gasteiger partial charge >= 0.3 is 12.0 Å². The minimum absolute atomic E-state index is 0.136. The molecule has 7 nitrogen and oxygen atoms in total. The molecule has 2 atom stereocenters. The third kappa shape index (κ3) is 3.78. The van der Waals surface area contributed by atoms with Crippen molar-refractivity contribution in [1.82, 2.24) is 15.5 Å². The maximum absolute atomic E-state index is 11.5. The molecule has 1 heterocycles. The highest BCUT2D eigenvalue weighted by molar-refractivity contribution is 5.92. The molecular weight excluding hydrogens is 224 g/mol. The van der Waals surface area contributed by atoms with E-state index in [9.17, 15) is 9.59 Å². The van der Waals surface area contributed by atoms with Crippen LogP contribution in [0.2, 0.25) is 0 Å². The smallest absolute Gasteiger partial charge is 0.326 e. The van der Waals surface area contributed by atoms with Crippen molar-refractivity contribution < 1.29 is 14.7 Å². The Morgan fingerprint density at radius 2 is 2.29 bits per heavy atom. The summed E-state index contributed by atoms with van der Waals surface area (Å²) in [5.41, 5.74) is 0.482. The fourth-order valence-electron chi connectivity index (χ4n) is 1.31. The van der Waals surface area contributed by atoms with E-state index in [0.29, 0.717) is 12.1 Å². The molecule has 0 saturated heterocycles. The number of aromatic amines is 1. The van der Waals surface area contributed by atoms with Crippen LogP contribution in [0, 0.1) is 5.92 Å². The predicted octanol–water partition coefficient (Wildman–Crippen LogP) is 1.03. The summed E-state index contributed by atoms with van der Waals surface area (Å²) in [5, 5.41) is 20.1. The van der Waals surface area contributed by atoms with Crippen molar-refractivity contribution in [3.63, 3.8) is 0 Å². The number of carbonyl (C=O) groups excluding carboxylic acids is 1. The van der Waals surface area contributed by atoms with Crippen LogP contribution in [0.25, 0.3) is 0 Å². The molecule has 1 rings (SSSR count). The van der Waals surface area contributed by atoms with E-state index in [1.54, 1.807) is 6.92 Å². The quantitative estimate of drug-likeness (QED) is 0.616. The lowest BCUT2D eigenvalue weighted by Gasteiger charge is -2.19. The van der Waals surface area contributed by atoms with E-state index in [1.807, 2.05) is 6.92 Å².